The summed E-state index contributed by atoms with van der Waals surface area (Å²) in [6, 6.07) is 13.0. The number of nitrogens with zero attached hydrogens (tertiary/aromatic N) is 1. The van der Waals surface area contributed by atoms with Crippen LogP contribution in [0.1, 0.15) is 59.1 Å². The zero-order chi connectivity index (χ0) is 27.6. The van der Waals surface area contributed by atoms with Gasteiger partial charge in [0, 0.05) is 48.0 Å². The predicted molar refractivity (Wildman–Crippen MR) is 151 cm³/mol. The molecule has 0 saturated heterocycles. The molecule has 4 aliphatic heterocycles. The van der Waals surface area contributed by atoms with Crippen molar-refractivity contribution in [1.82, 2.24) is 0 Å². The zero-order valence-corrected chi connectivity index (χ0v) is 22.7. The number of benzene rings is 3. The van der Waals surface area contributed by atoms with Crippen molar-refractivity contribution in [2.24, 2.45) is 5.73 Å². The fraction of sp³-hybridized carbons (Fsp3) is 0.355. The Morgan fingerprint density at radius 1 is 1.07 bits per heavy atom. The molecule has 4 N–H and O–H groups in total. The Balaban J connectivity index is 1.36. The maximum absolute atomic E-state index is 12.7. The molecule has 0 aliphatic carbocycles. The molecule has 4 aliphatic rings. The van der Waals surface area contributed by atoms with E-state index >= 15 is 0 Å². The molecule has 8 nitrogen and oxygen atoms in total. The number of carbonyl (C=O) groups is 2. The molecule has 0 aromatic heterocycles. The molecule has 0 bridgehead atoms. The van der Waals surface area contributed by atoms with Crippen LogP contribution in [0.4, 0.5) is 11.4 Å². The lowest BCUT2D eigenvalue weighted by Crippen LogP contribution is -2.38. The molecule has 206 valence electrons. The van der Waals surface area contributed by atoms with Crippen LogP contribution in [0.3, 0.4) is 0 Å². The monoisotopic (exact) mass is 559 g/mol. The second-order valence-corrected chi connectivity index (χ2v) is 11.4. The van der Waals surface area contributed by atoms with Crippen LogP contribution in [-0.4, -0.2) is 36.1 Å². The van der Waals surface area contributed by atoms with E-state index in [4.69, 9.17) is 31.9 Å². The maximum Gasteiger partial charge on any atom is 0.320 e. The van der Waals surface area contributed by atoms with E-state index in [1.807, 2.05) is 18.2 Å². The van der Waals surface area contributed by atoms with Crippen LogP contribution in [0.15, 0.2) is 42.5 Å². The highest BCUT2D eigenvalue weighted by molar-refractivity contribution is 6.34. The first-order valence-electron chi connectivity index (χ1n) is 13.8. The molecule has 2 atom stereocenters. The molecule has 1 unspecified atom stereocenters. The number of nitrogens with one attached hydrogen (secondary N) is 1. The normalized spacial score (nSPS) is 20.6. The van der Waals surface area contributed by atoms with Crippen molar-refractivity contribution in [3.63, 3.8) is 0 Å². The molecule has 40 heavy (non-hydrogen) atoms. The summed E-state index contributed by atoms with van der Waals surface area (Å²) in [6.07, 6.45) is 4.11. The summed E-state index contributed by atoms with van der Waals surface area (Å²) in [6.45, 7) is 2.57. The largest absolute Gasteiger partial charge is 0.480 e. The molecule has 0 fully saturated rings. The Kier molecular flexibility index (Phi) is 6.03. The first-order valence-corrected chi connectivity index (χ1v) is 14.2. The van der Waals surface area contributed by atoms with E-state index < -0.39 is 17.6 Å². The summed E-state index contributed by atoms with van der Waals surface area (Å²) >= 11 is 6.79. The topological polar surface area (TPSA) is 114 Å². The van der Waals surface area contributed by atoms with E-state index in [-0.39, 0.29) is 18.7 Å². The van der Waals surface area contributed by atoms with Crippen molar-refractivity contribution < 1.29 is 24.2 Å². The highest BCUT2D eigenvalue weighted by Gasteiger charge is 2.51. The third-order valence-electron chi connectivity index (χ3n) is 8.63. The molecule has 0 saturated carbocycles. The van der Waals surface area contributed by atoms with Crippen molar-refractivity contribution in [2.45, 2.75) is 56.8 Å². The molecule has 1 amide bonds. The molecule has 7 rings (SSSR count). The second kappa shape index (κ2) is 9.51. The van der Waals surface area contributed by atoms with Gasteiger partial charge in [0.25, 0.3) is 0 Å². The summed E-state index contributed by atoms with van der Waals surface area (Å²) in [7, 11) is 0. The van der Waals surface area contributed by atoms with E-state index in [9.17, 15) is 9.59 Å². The van der Waals surface area contributed by atoms with E-state index in [1.54, 1.807) is 6.07 Å². The number of fused-ring (bicyclic) bond motifs is 7. The van der Waals surface area contributed by atoms with Gasteiger partial charge in [0.05, 0.1) is 17.3 Å². The maximum atomic E-state index is 12.7. The number of halogens is 1. The molecule has 3 aromatic rings. The Morgan fingerprint density at radius 3 is 2.70 bits per heavy atom. The third-order valence-corrected chi connectivity index (χ3v) is 8.94. The van der Waals surface area contributed by atoms with Gasteiger partial charge in [-0.1, -0.05) is 35.9 Å². The van der Waals surface area contributed by atoms with Crippen molar-refractivity contribution >= 4 is 34.9 Å². The molecular weight excluding hydrogens is 530 g/mol. The Bertz CT molecular complexity index is 1570. The van der Waals surface area contributed by atoms with Gasteiger partial charge in [-0.3, -0.25) is 9.59 Å². The van der Waals surface area contributed by atoms with Crippen molar-refractivity contribution in [3.8, 4) is 11.5 Å². The summed E-state index contributed by atoms with van der Waals surface area (Å²) < 4.78 is 13.5. The number of ether oxygens (including phenoxy) is 2. The standard InChI is InChI=1S/C31H30ClN3O5/c32-23-14-21-26(15-25(23)34-27(36)10-9-24(33)30(37)38)40-29-19-7-4-12-35-11-3-6-17(28(19)35)13-22(29)31(21)20-8-2-1-5-18(20)16-39-31/h1-2,5,8,13-15,24H,3-4,6-7,9-12,16,33H2,(H,34,36)(H,37,38)/t24-,31?/m1/s1. The van der Waals surface area contributed by atoms with Crippen molar-refractivity contribution in [3.05, 3.63) is 80.9 Å². The summed E-state index contributed by atoms with van der Waals surface area (Å²) in [4.78, 5) is 26.2. The van der Waals surface area contributed by atoms with Crippen LogP contribution < -0.4 is 20.7 Å². The summed E-state index contributed by atoms with van der Waals surface area (Å²) in [5.41, 5.74) is 13.0. The number of aryl methyl sites for hydroxylation is 1. The highest BCUT2D eigenvalue weighted by atomic mass is 35.5. The minimum Gasteiger partial charge on any atom is -0.480 e. The van der Waals surface area contributed by atoms with E-state index in [2.05, 4.69) is 28.4 Å². The lowest BCUT2D eigenvalue weighted by Gasteiger charge is -2.43. The van der Waals surface area contributed by atoms with Crippen molar-refractivity contribution in [2.75, 3.05) is 23.3 Å². The number of anilines is 2. The molecule has 0 radical (unpaired) electrons. The lowest BCUT2D eigenvalue weighted by atomic mass is 9.75. The molecular formula is C31H30ClN3O5. The number of hydrogen-bond acceptors (Lipinski definition) is 6. The molecule has 3 aromatic carbocycles. The number of carboxylic acids is 1. The van der Waals surface area contributed by atoms with Crippen molar-refractivity contribution in [1.29, 1.82) is 0 Å². The van der Waals surface area contributed by atoms with E-state index in [1.165, 1.54) is 16.8 Å². The molecule has 1 spiro atoms. The van der Waals surface area contributed by atoms with E-state index in [0.717, 1.165) is 66.8 Å². The van der Waals surface area contributed by atoms with Crippen LogP contribution in [0.2, 0.25) is 5.02 Å². The quantitative estimate of drug-likeness (QED) is 0.398. The number of aliphatic carboxylic acids is 1. The molecule has 4 heterocycles. The summed E-state index contributed by atoms with van der Waals surface area (Å²) in [5.74, 6) is -0.0952. The zero-order valence-electron chi connectivity index (χ0n) is 22.0. The minimum atomic E-state index is -1.14. The molecule has 9 heteroatoms. The third kappa shape index (κ3) is 3.81. The Hall–Kier alpha value is -3.59. The van der Waals surface area contributed by atoms with Crippen LogP contribution >= 0.6 is 11.6 Å². The van der Waals surface area contributed by atoms with Crippen LogP contribution in [0, 0.1) is 0 Å². The van der Waals surface area contributed by atoms with Crippen LogP contribution in [-0.2, 0) is 39.4 Å². The highest BCUT2D eigenvalue weighted by Crippen LogP contribution is 2.60. The Labute approximate surface area is 237 Å². The number of rotatable bonds is 5. The number of carbonyl (C=O) groups excluding carboxylic acids is 1. The average Bonchev–Trinajstić information content (AvgIpc) is 3.34. The van der Waals surface area contributed by atoms with Gasteiger partial charge < -0.3 is 30.5 Å². The number of amides is 1. The fourth-order valence-corrected chi connectivity index (χ4v) is 7.01. The van der Waals surface area contributed by atoms with Crippen LogP contribution in [0.25, 0.3) is 0 Å². The average molecular weight is 560 g/mol. The van der Waals surface area contributed by atoms with Crippen LogP contribution in [0.5, 0.6) is 11.5 Å². The van der Waals surface area contributed by atoms with Gasteiger partial charge in [-0.2, -0.15) is 0 Å². The SMILES string of the molecule is N[C@H](CCC(=O)Nc1cc2c(cc1Cl)C1(OCc3ccccc31)c1cc3c4c(c1O2)CCCN4CCC3)C(=O)O. The number of carboxylic acid groups (broad SMARTS) is 1. The van der Waals surface area contributed by atoms with E-state index in [0.29, 0.717) is 23.1 Å². The second-order valence-electron chi connectivity index (χ2n) is 11.0. The van der Waals surface area contributed by atoms with Gasteiger partial charge in [-0.15, -0.1) is 0 Å². The number of hydrogen-bond donors (Lipinski definition) is 3. The van der Waals surface area contributed by atoms with Gasteiger partial charge in [0.1, 0.15) is 17.5 Å². The van der Waals surface area contributed by atoms with Gasteiger partial charge in [0.2, 0.25) is 5.91 Å². The van der Waals surface area contributed by atoms with Gasteiger partial charge in [-0.25, -0.2) is 0 Å². The minimum absolute atomic E-state index is 0.0201. The van der Waals surface area contributed by atoms with Gasteiger partial charge >= 0.3 is 5.97 Å². The first kappa shape index (κ1) is 25.4. The fourth-order valence-electron chi connectivity index (χ4n) is 6.79. The summed E-state index contributed by atoms with van der Waals surface area (Å²) in [5, 5.41) is 12.2. The van der Waals surface area contributed by atoms with Gasteiger partial charge in [-0.05, 0) is 60.9 Å². The number of nitrogens with two attached hydrogens (primary N) is 1. The van der Waals surface area contributed by atoms with Gasteiger partial charge in [0.15, 0.2) is 5.60 Å². The smallest absolute Gasteiger partial charge is 0.320 e. The first-order chi connectivity index (χ1) is 19.4. The Morgan fingerprint density at radius 2 is 1.88 bits per heavy atom. The predicted octanol–water partition coefficient (Wildman–Crippen LogP) is 5.10. The lowest BCUT2D eigenvalue weighted by molar-refractivity contribution is -0.138.